The van der Waals surface area contributed by atoms with Gasteiger partial charge in [-0.05, 0) is 30.2 Å². The molecule has 1 saturated heterocycles. The van der Waals surface area contributed by atoms with Gasteiger partial charge in [0.15, 0.2) is 0 Å². The third-order valence-corrected chi connectivity index (χ3v) is 3.41. The van der Waals surface area contributed by atoms with E-state index in [1.165, 1.54) is 12.1 Å². The van der Waals surface area contributed by atoms with Crippen LogP contribution in [0.2, 0.25) is 0 Å². The van der Waals surface area contributed by atoms with Gasteiger partial charge in [0.25, 0.3) is 0 Å². The molecule has 1 atom stereocenters. The zero-order chi connectivity index (χ0) is 14.5. The van der Waals surface area contributed by atoms with Crippen molar-refractivity contribution < 1.29 is 19.0 Å². The second-order valence-corrected chi connectivity index (χ2v) is 4.84. The highest BCUT2D eigenvalue weighted by atomic mass is 19.1. The Hall–Kier alpha value is -1.66. The van der Waals surface area contributed by atoms with Crippen molar-refractivity contribution in [3.8, 4) is 0 Å². The van der Waals surface area contributed by atoms with Crippen LogP contribution in [-0.4, -0.2) is 37.4 Å². The first kappa shape index (κ1) is 14.7. The lowest BCUT2D eigenvalue weighted by molar-refractivity contribution is -0.137. The number of aliphatic carboxylic acids is 1. The summed E-state index contributed by atoms with van der Waals surface area (Å²) in [7, 11) is 0. The van der Waals surface area contributed by atoms with Gasteiger partial charge in [-0.15, -0.1) is 0 Å². The molecule has 2 rings (SSSR count). The van der Waals surface area contributed by atoms with Gasteiger partial charge in [0.1, 0.15) is 5.82 Å². The molecule has 5 nitrogen and oxygen atoms in total. The van der Waals surface area contributed by atoms with Crippen molar-refractivity contribution in [2.45, 2.75) is 18.9 Å². The van der Waals surface area contributed by atoms with E-state index in [4.69, 9.17) is 15.6 Å². The standard InChI is InChI=1S/C14H19FN2O3/c15-10-1-3-13(17-5-7-20-8-6-17)11(9-10)12(16)2-4-14(18)19/h1,3,9,12H,2,4-8,16H2,(H,18,19). The Balaban J connectivity index is 2.20. The number of ether oxygens (including phenoxy) is 1. The van der Waals surface area contributed by atoms with E-state index in [1.807, 2.05) is 0 Å². The average molecular weight is 282 g/mol. The molecule has 0 bridgehead atoms. The lowest BCUT2D eigenvalue weighted by atomic mass is 9.99. The third kappa shape index (κ3) is 3.68. The number of morpholine rings is 1. The molecule has 1 aliphatic heterocycles. The Kier molecular flexibility index (Phi) is 4.92. The molecule has 0 aliphatic carbocycles. The summed E-state index contributed by atoms with van der Waals surface area (Å²) in [5.74, 6) is -1.26. The van der Waals surface area contributed by atoms with Crippen LogP contribution in [0.5, 0.6) is 0 Å². The van der Waals surface area contributed by atoms with Gasteiger partial charge >= 0.3 is 5.97 Å². The number of carbonyl (C=O) groups is 1. The molecule has 3 N–H and O–H groups in total. The van der Waals surface area contributed by atoms with E-state index in [-0.39, 0.29) is 18.7 Å². The highest BCUT2D eigenvalue weighted by Gasteiger charge is 2.19. The Labute approximate surface area is 117 Å². The predicted molar refractivity (Wildman–Crippen MR) is 73.2 cm³/mol. The van der Waals surface area contributed by atoms with Crippen molar-refractivity contribution in [3.63, 3.8) is 0 Å². The van der Waals surface area contributed by atoms with Crippen LogP contribution < -0.4 is 10.6 Å². The molecule has 1 fully saturated rings. The van der Waals surface area contributed by atoms with Crippen LogP contribution in [0.15, 0.2) is 18.2 Å². The summed E-state index contributed by atoms with van der Waals surface area (Å²) in [4.78, 5) is 12.7. The SMILES string of the molecule is NC(CCC(=O)O)c1cc(F)ccc1N1CCOCC1. The summed E-state index contributed by atoms with van der Waals surface area (Å²) < 4.78 is 18.8. The van der Waals surface area contributed by atoms with E-state index in [2.05, 4.69) is 4.90 Å². The molecule has 110 valence electrons. The number of carboxylic acid groups (broad SMARTS) is 1. The first-order valence-electron chi connectivity index (χ1n) is 6.67. The van der Waals surface area contributed by atoms with E-state index < -0.39 is 12.0 Å². The van der Waals surface area contributed by atoms with Crippen LogP contribution >= 0.6 is 0 Å². The smallest absolute Gasteiger partial charge is 0.303 e. The van der Waals surface area contributed by atoms with Crippen molar-refractivity contribution in [1.29, 1.82) is 0 Å². The Morgan fingerprint density at radius 3 is 2.80 bits per heavy atom. The maximum absolute atomic E-state index is 13.5. The number of rotatable bonds is 5. The number of halogens is 1. The zero-order valence-corrected chi connectivity index (χ0v) is 11.2. The number of benzene rings is 1. The minimum Gasteiger partial charge on any atom is -0.481 e. The van der Waals surface area contributed by atoms with Gasteiger partial charge in [-0.1, -0.05) is 0 Å². The fourth-order valence-electron chi connectivity index (χ4n) is 2.35. The molecule has 1 unspecified atom stereocenters. The van der Waals surface area contributed by atoms with Crippen molar-refractivity contribution in [1.82, 2.24) is 0 Å². The minimum absolute atomic E-state index is 0.0275. The molecule has 20 heavy (non-hydrogen) atoms. The average Bonchev–Trinajstić information content (AvgIpc) is 2.45. The summed E-state index contributed by atoms with van der Waals surface area (Å²) in [6.45, 7) is 2.71. The quantitative estimate of drug-likeness (QED) is 0.856. The monoisotopic (exact) mass is 282 g/mol. The zero-order valence-electron chi connectivity index (χ0n) is 11.2. The van der Waals surface area contributed by atoms with Crippen molar-refractivity contribution in [2.24, 2.45) is 5.73 Å². The molecule has 0 aromatic heterocycles. The Morgan fingerprint density at radius 1 is 1.45 bits per heavy atom. The lowest BCUT2D eigenvalue weighted by Crippen LogP contribution is -2.37. The Morgan fingerprint density at radius 2 is 2.15 bits per heavy atom. The maximum Gasteiger partial charge on any atom is 0.303 e. The molecule has 1 aliphatic rings. The molecular weight excluding hydrogens is 263 g/mol. The van der Waals surface area contributed by atoms with Crippen LogP contribution in [0, 0.1) is 5.82 Å². The number of anilines is 1. The van der Waals surface area contributed by atoms with E-state index in [0.717, 1.165) is 18.8 Å². The van der Waals surface area contributed by atoms with Gasteiger partial charge < -0.3 is 20.5 Å². The normalized spacial score (nSPS) is 17.0. The van der Waals surface area contributed by atoms with Crippen molar-refractivity contribution >= 4 is 11.7 Å². The molecule has 1 aromatic carbocycles. The highest BCUT2D eigenvalue weighted by Crippen LogP contribution is 2.29. The van der Waals surface area contributed by atoms with E-state index in [9.17, 15) is 9.18 Å². The Bertz CT molecular complexity index is 475. The largest absolute Gasteiger partial charge is 0.481 e. The summed E-state index contributed by atoms with van der Waals surface area (Å²) in [6, 6.07) is 4.02. The number of hydrogen-bond acceptors (Lipinski definition) is 4. The number of nitrogens with two attached hydrogens (primary N) is 1. The summed E-state index contributed by atoms with van der Waals surface area (Å²) >= 11 is 0. The van der Waals surface area contributed by atoms with Crippen molar-refractivity contribution in [2.75, 3.05) is 31.2 Å². The minimum atomic E-state index is -0.898. The number of carboxylic acids is 1. The van der Waals surface area contributed by atoms with Gasteiger partial charge in [0.2, 0.25) is 0 Å². The van der Waals surface area contributed by atoms with E-state index in [1.54, 1.807) is 6.07 Å². The van der Waals surface area contributed by atoms with Crippen molar-refractivity contribution in [3.05, 3.63) is 29.6 Å². The van der Waals surface area contributed by atoms with Crippen LogP contribution in [0.1, 0.15) is 24.4 Å². The van der Waals surface area contributed by atoms with Crippen LogP contribution in [-0.2, 0) is 9.53 Å². The molecular formula is C14H19FN2O3. The van der Waals surface area contributed by atoms with Gasteiger partial charge in [-0.25, -0.2) is 4.39 Å². The molecule has 1 heterocycles. The van der Waals surface area contributed by atoms with Crippen LogP contribution in [0.25, 0.3) is 0 Å². The van der Waals surface area contributed by atoms with Crippen LogP contribution in [0.3, 0.4) is 0 Å². The topological polar surface area (TPSA) is 75.8 Å². The van der Waals surface area contributed by atoms with Gasteiger partial charge in [0, 0.05) is 31.2 Å². The number of nitrogens with zero attached hydrogens (tertiary/aromatic N) is 1. The van der Waals surface area contributed by atoms with Gasteiger partial charge in [-0.3, -0.25) is 4.79 Å². The predicted octanol–water partition coefficient (Wildman–Crippen LogP) is 1.53. The summed E-state index contributed by atoms with van der Waals surface area (Å²) in [6.07, 6.45) is 0.260. The highest BCUT2D eigenvalue weighted by molar-refractivity contribution is 5.67. The molecule has 1 aromatic rings. The van der Waals surface area contributed by atoms with E-state index >= 15 is 0 Å². The maximum atomic E-state index is 13.5. The lowest BCUT2D eigenvalue weighted by Gasteiger charge is -2.31. The first-order chi connectivity index (χ1) is 9.58. The fraction of sp³-hybridized carbons (Fsp3) is 0.500. The number of hydrogen-bond donors (Lipinski definition) is 2. The second kappa shape index (κ2) is 6.67. The second-order valence-electron chi connectivity index (χ2n) is 4.84. The molecule has 0 spiro atoms. The van der Waals surface area contributed by atoms with E-state index in [0.29, 0.717) is 18.8 Å². The fourth-order valence-corrected chi connectivity index (χ4v) is 2.35. The molecule has 0 saturated carbocycles. The van der Waals surface area contributed by atoms with Crippen LogP contribution in [0.4, 0.5) is 10.1 Å². The van der Waals surface area contributed by atoms with Gasteiger partial charge in [0.05, 0.1) is 13.2 Å². The first-order valence-corrected chi connectivity index (χ1v) is 6.67. The molecule has 0 radical (unpaired) electrons. The summed E-state index contributed by atoms with van der Waals surface area (Å²) in [5, 5.41) is 8.73. The van der Waals surface area contributed by atoms with Gasteiger partial charge in [-0.2, -0.15) is 0 Å². The summed E-state index contributed by atoms with van der Waals surface area (Å²) in [5.41, 5.74) is 7.56. The molecule has 0 amide bonds. The third-order valence-electron chi connectivity index (χ3n) is 3.41. The molecule has 6 heteroatoms.